The van der Waals surface area contributed by atoms with Crippen molar-refractivity contribution in [1.82, 2.24) is 9.97 Å². The zero-order valence-corrected chi connectivity index (χ0v) is 10.4. The number of benzene rings is 1. The molecule has 0 saturated heterocycles. The number of nitrogens with one attached hydrogen (secondary N) is 2. The highest BCUT2D eigenvalue weighted by molar-refractivity contribution is 5.90. The Kier molecular flexibility index (Phi) is 3.41. The van der Waals surface area contributed by atoms with Crippen LogP contribution in [0.3, 0.4) is 0 Å². The van der Waals surface area contributed by atoms with Crippen molar-refractivity contribution in [2.45, 2.75) is 20.3 Å². The van der Waals surface area contributed by atoms with Crippen molar-refractivity contribution in [3.63, 3.8) is 0 Å². The van der Waals surface area contributed by atoms with E-state index in [1.165, 1.54) is 0 Å². The highest BCUT2D eigenvalue weighted by Crippen LogP contribution is 2.11. The number of hydrogen-bond donors (Lipinski definition) is 2. The minimum Gasteiger partial charge on any atom is -0.476 e. The summed E-state index contributed by atoms with van der Waals surface area (Å²) >= 11 is 0. The fourth-order valence-electron chi connectivity index (χ4n) is 1.73. The molecule has 0 saturated carbocycles. The first-order valence-corrected chi connectivity index (χ1v) is 5.90. The molecule has 1 aromatic carbocycles. The summed E-state index contributed by atoms with van der Waals surface area (Å²) in [6.07, 6.45) is 0.867. The summed E-state index contributed by atoms with van der Waals surface area (Å²) in [5, 5.41) is 8.17. The lowest BCUT2D eigenvalue weighted by molar-refractivity contribution is 0.323. The molecule has 0 bridgehead atoms. The van der Waals surface area contributed by atoms with Crippen molar-refractivity contribution >= 4 is 16.8 Å². The standard InChI is InChI=1S/C13H15N3O2/c1-3-8-5-6-10-9(7-8)13(17)16-12(15-10)11(14)18-4-2/h5-7,14H,3-4H2,1-2H3,(H,15,16,17). The van der Waals surface area contributed by atoms with Crippen LogP contribution in [0.1, 0.15) is 25.2 Å². The van der Waals surface area contributed by atoms with Gasteiger partial charge in [-0.15, -0.1) is 0 Å². The van der Waals surface area contributed by atoms with E-state index in [9.17, 15) is 4.79 Å². The third-order valence-corrected chi connectivity index (χ3v) is 2.68. The van der Waals surface area contributed by atoms with Crippen LogP contribution in [-0.4, -0.2) is 22.5 Å². The lowest BCUT2D eigenvalue weighted by Gasteiger charge is -2.05. The number of nitrogens with zero attached hydrogens (tertiary/aromatic N) is 1. The van der Waals surface area contributed by atoms with Crippen LogP contribution in [0.5, 0.6) is 0 Å². The second kappa shape index (κ2) is 5.00. The molecule has 94 valence electrons. The van der Waals surface area contributed by atoms with Crippen molar-refractivity contribution in [3.05, 3.63) is 39.9 Å². The van der Waals surface area contributed by atoms with E-state index in [2.05, 4.69) is 9.97 Å². The van der Waals surface area contributed by atoms with Crippen molar-refractivity contribution in [2.24, 2.45) is 0 Å². The number of rotatable bonds is 3. The Morgan fingerprint density at radius 1 is 1.44 bits per heavy atom. The summed E-state index contributed by atoms with van der Waals surface area (Å²) in [4.78, 5) is 18.7. The van der Waals surface area contributed by atoms with E-state index in [1.54, 1.807) is 13.0 Å². The third kappa shape index (κ3) is 2.25. The summed E-state index contributed by atoms with van der Waals surface area (Å²) < 4.78 is 5.03. The molecule has 0 aliphatic heterocycles. The van der Waals surface area contributed by atoms with Gasteiger partial charge in [-0.1, -0.05) is 13.0 Å². The van der Waals surface area contributed by atoms with Crippen LogP contribution in [-0.2, 0) is 11.2 Å². The largest absolute Gasteiger partial charge is 0.476 e. The number of ether oxygens (including phenoxy) is 1. The van der Waals surface area contributed by atoms with Crippen molar-refractivity contribution in [1.29, 1.82) is 5.41 Å². The molecule has 1 heterocycles. The average molecular weight is 245 g/mol. The fraction of sp³-hybridized carbons (Fsp3) is 0.308. The zero-order chi connectivity index (χ0) is 13.1. The van der Waals surface area contributed by atoms with Gasteiger partial charge in [0.25, 0.3) is 5.56 Å². The zero-order valence-electron chi connectivity index (χ0n) is 10.4. The molecule has 0 aliphatic carbocycles. The number of aromatic nitrogens is 2. The molecule has 2 aromatic rings. The van der Waals surface area contributed by atoms with Gasteiger partial charge in [0.1, 0.15) is 0 Å². The van der Waals surface area contributed by atoms with Gasteiger partial charge in [-0.3, -0.25) is 10.2 Å². The summed E-state index contributed by atoms with van der Waals surface area (Å²) in [5.41, 5.74) is 1.42. The Balaban J connectivity index is 2.57. The van der Waals surface area contributed by atoms with Gasteiger partial charge in [-0.05, 0) is 31.0 Å². The Labute approximate surface area is 104 Å². The second-order valence-corrected chi connectivity index (χ2v) is 3.88. The van der Waals surface area contributed by atoms with Gasteiger partial charge in [0.05, 0.1) is 17.5 Å². The van der Waals surface area contributed by atoms with Crippen LogP contribution < -0.4 is 5.56 Å². The first kappa shape index (κ1) is 12.3. The van der Waals surface area contributed by atoms with Gasteiger partial charge in [0.15, 0.2) is 5.82 Å². The third-order valence-electron chi connectivity index (χ3n) is 2.68. The van der Waals surface area contributed by atoms with E-state index >= 15 is 0 Å². The maximum absolute atomic E-state index is 11.9. The van der Waals surface area contributed by atoms with Crippen LogP contribution in [0, 0.1) is 5.41 Å². The molecule has 1 aromatic heterocycles. The molecule has 2 N–H and O–H groups in total. The van der Waals surface area contributed by atoms with Gasteiger partial charge in [-0.2, -0.15) is 0 Å². The Morgan fingerprint density at radius 3 is 2.89 bits per heavy atom. The number of H-pyrrole nitrogens is 1. The summed E-state index contributed by atoms with van der Waals surface area (Å²) in [5.74, 6) is 0.0506. The summed E-state index contributed by atoms with van der Waals surface area (Å²) in [7, 11) is 0. The molecule has 5 nitrogen and oxygen atoms in total. The van der Waals surface area contributed by atoms with Gasteiger partial charge < -0.3 is 9.72 Å². The van der Waals surface area contributed by atoms with Gasteiger partial charge in [0, 0.05) is 0 Å². The molecule has 0 aliphatic rings. The first-order valence-electron chi connectivity index (χ1n) is 5.90. The van der Waals surface area contributed by atoms with Crippen molar-refractivity contribution < 1.29 is 4.74 Å². The van der Waals surface area contributed by atoms with E-state index in [4.69, 9.17) is 10.1 Å². The number of hydrogen-bond acceptors (Lipinski definition) is 4. The van der Waals surface area contributed by atoms with Crippen molar-refractivity contribution in [2.75, 3.05) is 6.61 Å². The van der Waals surface area contributed by atoms with E-state index in [1.807, 2.05) is 19.1 Å². The van der Waals surface area contributed by atoms with Crippen molar-refractivity contribution in [3.8, 4) is 0 Å². The van der Waals surface area contributed by atoms with Crippen LogP contribution in [0.4, 0.5) is 0 Å². The average Bonchev–Trinajstić information content (AvgIpc) is 2.38. The van der Waals surface area contributed by atoms with E-state index in [0.29, 0.717) is 17.5 Å². The molecule has 18 heavy (non-hydrogen) atoms. The molecular weight excluding hydrogens is 230 g/mol. The first-order chi connectivity index (χ1) is 8.65. The number of fused-ring (bicyclic) bond motifs is 1. The maximum atomic E-state index is 11.9. The quantitative estimate of drug-likeness (QED) is 0.639. The SMILES string of the molecule is CCOC(=N)c1nc2ccc(CC)cc2c(=O)[nH]1. The Hall–Kier alpha value is -2.17. The minimum absolute atomic E-state index is 0.115. The molecule has 0 amide bonds. The highest BCUT2D eigenvalue weighted by atomic mass is 16.5. The van der Waals surface area contributed by atoms with Crippen LogP contribution in [0.15, 0.2) is 23.0 Å². The monoisotopic (exact) mass is 245 g/mol. The van der Waals surface area contributed by atoms with Gasteiger partial charge >= 0.3 is 0 Å². The topological polar surface area (TPSA) is 78.8 Å². The van der Waals surface area contributed by atoms with Crippen LogP contribution in [0.25, 0.3) is 10.9 Å². The number of aromatic amines is 1. The van der Waals surface area contributed by atoms with Gasteiger partial charge in [0.2, 0.25) is 5.90 Å². The predicted octanol–water partition coefficient (Wildman–Crippen LogP) is 1.85. The fourth-order valence-corrected chi connectivity index (χ4v) is 1.73. The van der Waals surface area contributed by atoms with E-state index in [0.717, 1.165) is 12.0 Å². The lowest BCUT2D eigenvalue weighted by Crippen LogP contribution is -2.17. The molecule has 0 unspecified atom stereocenters. The van der Waals surface area contributed by atoms with E-state index in [-0.39, 0.29) is 17.3 Å². The Bertz CT molecular complexity index is 646. The van der Waals surface area contributed by atoms with Gasteiger partial charge in [-0.25, -0.2) is 4.98 Å². The molecule has 0 fully saturated rings. The minimum atomic E-state index is -0.241. The van der Waals surface area contributed by atoms with E-state index < -0.39 is 0 Å². The predicted molar refractivity (Wildman–Crippen MR) is 70.2 cm³/mol. The normalized spacial score (nSPS) is 10.6. The maximum Gasteiger partial charge on any atom is 0.259 e. The van der Waals surface area contributed by atoms with Crippen LogP contribution >= 0.6 is 0 Å². The molecule has 2 rings (SSSR count). The van der Waals surface area contributed by atoms with Crippen LogP contribution in [0.2, 0.25) is 0 Å². The lowest BCUT2D eigenvalue weighted by atomic mass is 10.1. The number of aryl methyl sites for hydroxylation is 1. The molecule has 0 spiro atoms. The Morgan fingerprint density at radius 2 is 2.22 bits per heavy atom. The molecule has 0 radical (unpaired) electrons. The summed E-state index contributed by atoms with van der Waals surface area (Å²) in [6, 6.07) is 5.56. The highest BCUT2D eigenvalue weighted by Gasteiger charge is 2.09. The second-order valence-electron chi connectivity index (χ2n) is 3.88. The smallest absolute Gasteiger partial charge is 0.259 e. The molecule has 0 atom stereocenters. The summed E-state index contributed by atoms with van der Waals surface area (Å²) in [6.45, 7) is 4.18. The molecule has 5 heteroatoms. The molecular formula is C13H15N3O2.